The number of carbonyl (C=O) groups is 1. The van der Waals surface area contributed by atoms with Crippen LogP contribution in [-0.2, 0) is 4.74 Å². The molecule has 1 N–H and O–H groups in total. The van der Waals surface area contributed by atoms with Crippen molar-refractivity contribution in [1.82, 2.24) is 4.90 Å². The SMILES string of the molecule is CC1COC(CO)CN1CC(=O)c1ccc(Cl)cc1. The summed E-state index contributed by atoms with van der Waals surface area (Å²) in [6, 6.07) is 7.08. The van der Waals surface area contributed by atoms with Gasteiger partial charge in [0.05, 0.1) is 25.9 Å². The van der Waals surface area contributed by atoms with E-state index in [0.717, 1.165) is 0 Å². The van der Waals surface area contributed by atoms with Crippen molar-refractivity contribution in [2.75, 3.05) is 26.3 Å². The fourth-order valence-corrected chi connectivity index (χ4v) is 2.24. The van der Waals surface area contributed by atoms with Crippen LogP contribution in [0.5, 0.6) is 0 Å². The zero-order valence-electron chi connectivity index (χ0n) is 10.9. The molecular formula is C14H18ClNO3. The molecule has 0 saturated carbocycles. The molecule has 2 atom stereocenters. The van der Waals surface area contributed by atoms with E-state index in [0.29, 0.717) is 30.3 Å². The van der Waals surface area contributed by atoms with Crippen molar-refractivity contribution in [2.24, 2.45) is 0 Å². The monoisotopic (exact) mass is 283 g/mol. The lowest BCUT2D eigenvalue weighted by atomic mass is 10.1. The fraction of sp³-hybridized carbons (Fsp3) is 0.500. The van der Waals surface area contributed by atoms with Gasteiger partial charge in [0.1, 0.15) is 0 Å². The third kappa shape index (κ3) is 3.76. The van der Waals surface area contributed by atoms with E-state index in [2.05, 4.69) is 0 Å². The van der Waals surface area contributed by atoms with Crippen LogP contribution in [0.3, 0.4) is 0 Å². The van der Waals surface area contributed by atoms with E-state index >= 15 is 0 Å². The Morgan fingerprint density at radius 2 is 2.16 bits per heavy atom. The van der Waals surface area contributed by atoms with E-state index in [1.165, 1.54) is 0 Å². The molecule has 0 amide bonds. The highest BCUT2D eigenvalue weighted by Gasteiger charge is 2.27. The number of aliphatic hydroxyl groups excluding tert-OH is 1. The minimum atomic E-state index is -0.200. The maximum Gasteiger partial charge on any atom is 0.176 e. The second kappa shape index (κ2) is 6.48. The minimum Gasteiger partial charge on any atom is -0.394 e. The van der Waals surface area contributed by atoms with Crippen molar-refractivity contribution in [3.05, 3.63) is 34.9 Å². The number of halogens is 1. The van der Waals surface area contributed by atoms with Gasteiger partial charge >= 0.3 is 0 Å². The zero-order valence-corrected chi connectivity index (χ0v) is 11.6. The quantitative estimate of drug-likeness (QED) is 0.853. The van der Waals surface area contributed by atoms with Gasteiger partial charge in [-0.2, -0.15) is 0 Å². The van der Waals surface area contributed by atoms with Crippen LogP contribution in [0.15, 0.2) is 24.3 Å². The summed E-state index contributed by atoms with van der Waals surface area (Å²) in [5.74, 6) is 0.0575. The Morgan fingerprint density at radius 1 is 1.47 bits per heavy atom. The maximum atomic E-state index is 12.2. The number of ether oxygens (including phenoxy) is 1. The summed E-state index contributed by atoms with van der Waals surface area (Å²) >= 11 is 5.80. The molecule has 0 aliphatic carbocycles. The Balaban J connectivity index is 1.99. The lowest BCUT2D eigenvalue weighted by molar-refractivity contribution is -0.0747. The molecule has 104 valence electrons. The first-order valence-corrected chi connectivity index (χ1v) is 6.73. The highest BCUT2D eigenvalue weighted by molar-refractivity contribution is 6.30. The van der Waals surface area contributed by atoms with Crippen LogP contribution < -0.4 is 0 Å². The molecule has 0 radical (unpaired) electrons. The zero-order chi connectivity index (χ0) is 13.8. The van der Waals surface area contributed by atoms with Crippen molar-refractivity contribution in [3.8, 4) is 0 Å². The van der Waals surface area contributed by atoms with Crippen LogP contribution in [-0.4, -0.2) is 54.2 Å². The average molecular weight is 284 g/mol. The summed E-state index contributed by atoms with van der Waals surface area (Å²) in [6.07, 6.45) is -0.200. The molecule has 1 aliphatic rings. The van der Waals surface area contributed by atoms with Gasteiger partial charge in [0.25, 0.3) is 0 Å². The maximum absolute atomic E-state index is 12.2. The number of rotatable bonds is 4. The summed E-state index contributed by atoms with van der Waals surface area (Å²) in [7, 11) is 0. The Hall–Kier alpha value is -0.940. The molecule has 0 bridgehead atoms. The number of nitrogens with zero attached hydrogens (tertiary/aromatic N) is 1. The van der Waals surface area contributed by atoms with Gasteiger partial charge in [-0.25, -0.2) is 0 Å². The molecule has 1 aromatic carbocycles. The smallest absolute Gasteiger partial charge is 0.176 e. The second-order valence-electron chi connectivity index (χ2n) is 4.85. The van der Waals surface area contributed by atoms with Gasteiger partial charge in [0.15, 0.2) is 5.78 Å². The molecule has 19 heavy (non-hydrogen) atoms. The summed E-state index contributed by atoms with van der Waals surface area (Å²) in [5, 5.41) is 9.75. The normalized spacial score (nSPS) is 24.4. The summed E-state index contributed by atoms with van der Waals surface area (Å²) in [6.45, 7) is 3.46. The van der Waals surface area contributed by atoms with Gasteiger partial charge < -0.3 is 9.84 Å². The van der Waals surface area contributed by atoms with Gasteiger partial charge in [0, 0.05) is 23.2 Å². The lowest BCUT2D eigenvalue weighted by Gasteiger charge is -2.36. The summed E-state index contributed by atoms with van der Waals surface area (Å²) in [4.78, 5) is 14.2. The van der Waals surface area contributed by atoms with Gasteiger partial charge in [-0.15, -0.1) is 0 Å². The number of carbonyl (C=O) groups excluding carboxylic acids is 1. The lowest BCUT2D eigenvalue weighted by Crippen LogP contribution is -2.51. The second-order valence-corrected chi connectivity index (χ2v) is 5.28. The number of ketones is 1. The van der Waals surface area contributed by atoms with Gasteiger partial charge in [-0.3, -0.25) is 9.69 Å². The first-order valence-electron chi connectivity index (χ1n) is 6.35. The van der Waals surface area contributed by atoms with E-state index in [-0.39, 0.29) is 24.5 Å². The van der Waals surface area contributed by atoms with Crippen molar-refractivity contribution in [2.45, 2.75) is 19.1 Å². The first-order chi connectivity index (χ1) is 9.10. The number of morpholine rings is 1. The van der Waals surface area contributed by atoms with Crippen molar-refractivity contribution in [3.63, 3.8) is 0 Å². The van der Waals surface area contributed by atoms with E-state index in [1.54, 1.807) is 24.3 Å². The van der Waals surface area contributed by atoms with Gasteiger partial charge in [-0.05, 0) is 31.2 Å². The van der Waals surface area contributed by atoms with Crippen molar-refractivity contribution < 1.29 is 14.6 Å². The Bertz CT molecular complexity index is 435. The van der Waals surface area contributed by atoms with E-state index in [1.807, 2.05) is 11.8 Å². The Morgan fingerprint density at radius 3 is 2.79 bits per heavy atom. The molecule has 2 rings (SSSR count). The minimum absolute atomic E-state index is 0.0155. The molecule has 0 aromatic heterocycles. The molecule has 4 nitrogen and oxygen atoms in total. The molecule has 1 aliphatic heterocycles. The molecule has 1 heterocycles. The van der Waals surface area contributed by atoms with Crippen LogP contribution in [0.1, 0.15) is 17.3 Å². The Kier molecular flexibility index (Phi) is 4.93. The number of benzene rings is 1. The van der Waals surface area contributed by atoms with Crippen LogP contribution in [0.25, 0.3) is 0 Å². The van der Waals surface area contributed by atoms with Crippen LogP contribution in [0, 0.1) is 0 Å². The van der Waals surface area contributed by atoms with Gasteiger partial charge in [0.2, 0.25) is 0 Å². The standard InChI is InChI=1S/C14H18ClNO3/c1-10-9-19-13(8-17)6-16(10)7-14(18)11-2-4-12(15)5-3-11/h2-5,10,13,17H,6-9H2,1H3. The molecule has 1 saturated heterocycles. The highest BCUT2D eigenvalue weighted by Crippen LogP contribution is 2.14. The number of hydrogen-bond donors (Lipinski definition) is 1. The molecule has 2 unspecified atom stereocenters. The van der Waals surface area contributed by atoms with Crippen molar-refractivity contribution in [1.29, 1.82) is 0 Å². The number of Topliss-reactive ketones (excluding diaryl/α,β-unsaturated/α-hetero) is 1. The molecule has 1 aromatic rings. The highest BCUT2D eigenvalue weighted by atomic mass is 35.5. The summed E-state index contributed by atoms with van der Waals surface area (Å²) in [5.41, 5.74) is 0.656. The number of aliphatic hydroxyl groups is 1. The molecule has 0 spiro atoms. The first kappa shape index (κ1) is 14.5. The molecular weight excluding hydrogens is 266 g/mol. The fourth-order valence-electron chi connectivity index (χ4n) is 2.12. The summed E-state index contributed by atoms with van der Waals surface area (Å²) < 4.78 is 5.45. The third-order valence-corrected chi connectivity index (χ3v) is 3.60. The topological polar surface area (TPSA) is 49.8 Å². The Labute approximate surface area is 117 Å². The third-order valence-electron chi connectivity index (χ3n) is 3.35. The van der Waals surface area contributed by atoms with E-state index in [4.69, 9.17) is 21.4 Å². The molecule has 1 fully saturated rings. The van der Waals surface area contributed by atoms with Crippen LogP contribution in [0.2, 0.25) is 5.02 Å². The van der Waals surface area contributed by atoms with E-state index in [9.17, 15) is 4.79 Å². The van der Waals surface area contributed by atoms with Gasteiger partial charge in [-0.1, -0.05) is 11.6 Å². The average Bonchev–Trinajstić information content (AvgIpc) is 2.42. The largest absolute Gasteiger partial charge is 0.394 e. The predicted molar refractivity (Wildman–Crippen MR) is 73.6 cm³/mol. The predicted octanol–water partition coefficient (Wildman–Crippen LogP) is 1.60. The van der Waals surface area contributed by atoms with Crippen LogP contribution in [0.4, 0.5) is 0 Å². The molecule has 5 heteroatoms. The van der Waals surface area contributed by atoms with Crippen LogP contribution >= 0.6 is 11.6 Å². The van der Waals surface area contributed by atoms with Crippen molar-refractivity contribution >= 4 is 17.4 Å². The number of hydrogen-bond acceptors (Lipinski definition) is 4. The van der Waals surface area contributed by atoms with E-state index < -0.39 is 0 Å².